The number of phenols is 1. The lowest BCUT2D eigenvalue weighted by Crippen LogP contribution is -2.31. The first-order valence-corrected chi connectivity index (χ1v) is 4.11. The minimum absolute atomic E-state index is 0.161. The Labute approximate surface area is 81.6 Å². The van der Waals surface area contributed by atoms with Crippen LogP contribution in [0.3, 0.4) is 0 Å². The van der Waals surface area contributed by atoms with E-state index < -0.39 is 11.8 Å². The molecular weight excluding hydrogens is 180 g/mol. The van der Waals surface area contributed by atoms with Crippen LogP contribution in [-0.2, 0) is 11.2 Å². The molecule has 0 aromatic heterocycles. The Morgan fingerprint density at radius 1 is 1.50 bits per heavy atom. The number of phenolic OH excluding ortho intramolecular Hbond substituents is 1. The van der Waals surface area contributed by atoms with Crippen LogP contribution in [0.25, 0.3) is 0 Å². The maximum Gasteiger partial charge on any atom is 0.248 e. The zero-order valence-corrected chi connectivity index (χ0v) is 7.47. The summed E-state index contributed by atoms with van der Waals surface area (Å²) in [7, 11) is 0. The second-order valence-electron chi connectivity index (χ2n) is 2.95. The third-order valence-corrected chi connectivity index (χ3v) is 1.84. The number of nitrogens with two attached hydrogens (primary N) is 1. The number of carbonyl (C=O) groups excluding carboxylic acids is 1. The summed E-state index contributed by atoms with van der Waals surface area (Å²) in [5.74, 6) is -0.466. The molecule has 3 N–H and O–H groups in total. The third kappa shape index (κ3) is 2.57. The first kappa shape index (κ1) is 10.2. The highest BCUT2D eigenvalue weighted by molar-refractivity contribution is 5.97. The number of hydrogen-bond acceptors (Lipinski definition) is 4. The number of nitriles is 1. The van der Waals surface area contributed by atoms with Gasteiger partial charge in [0.2, 0.25) is 5.78 Å². The maximum absolute atomic E-state index is 10.8. The molecule has 0 radical (unpaired) electrons. The second kappa shape index (κ2) is 4.40. The highest BCUT2D eigenvalue weighted by Gasteiger charge is 2.12. The standard InChI is InChI=1S/C10H10N2O2/c11-6-10(14)9(12)5-7-1-3-8(13)4-2-7/h1-4,9,13H,5,12H2. The Kier molecular flexibility index (Phi) is 3.21. The molecule has 0 heterocycles. The van der Waals surface area contributed by atoms with E-state index in [0.29, 0.717) is 6.42 Å². The van der Waals surface area contributed by atoms with Crippen LogP contribution in [0.15, 0.2) is 24.3 Å². The topological polar surface area (TPSA) is 87.1 Å². The number of rotatable bonds is 3. The second-order valence-corrected chi connectivity index (χ2v) is 2.95. The quantitative estimate of drug-likeness (QED) is 0.673. The maximum atomic E-state index is 10.8. The van der Waals surface area contributed by atoms with E-state index in [9.17, 15) is 4.79 Å². The smallest absolute Gasteiger partial charge is 0.248 e. The number of nitrogens with zero attached hydrogens (tertiary/aromatic N) is 1. The van der Waals surface area contributed by atoms with Crippen molar-refractivity contribution in [1.29, 1.82) is 5.26 Å². The molecule has 1 unspecified atom stereocenters. The van der Waals surface area contributed by atoms with E-state index in [1.165, 1.54) is 18.2 Å². The Morgan fingerprint density at radius 3 is 2.57 bits per heavy atom. The van der Waals surface area contributed by atoms with Gasteiger partial charge in [-0.2, -0.15) is 5.26 Å². The average molecular weight is 190 g/mol. The number of carbonyl (C=O) groups is 1. The number of benzene rings is 1. The van der Waals surface area contributed by atoms with Crippen LogP contribution in [0.5, 0.6) is 5.75 Å². The van der Waals surface area contributed by atoms with E-state index >= 15 is 0 Å². The zero-order valence-electron chi connectivity index (χ0n) is 7.47. The molecule has 1 atom stereocenters. The predicted molar refractivity (Wildman–Crippen MR) is 50.4 cm³/mol. The molecule has 14 heavy (non-hydrogen) atoms. The van der Waals surface area contributed by atoms with Gasteiger partial charge in [0.25, 0.3) is 0 Å². The normalized spacial score (nSPS) is 11.7. The highest BCUT2D eigenvalue weighted by atomic mass is 16.3. The number of hydrogen-bond donors (Lipinski definition) is 2. The summed E-state index contributed by atoms with van der Waals surface area (Å²) in [6, 6.07) is 7.05. The van der Waals surface area contributed by atoms with E-state index in [4.69, 9.17) is 16.1 Å². The van der Waals surface area contributed by atoms with E-state index in [1.807, 2.05) is 0 Å². The molecule has 0 fully saturated rings. The molecule has 0 bridgehead atoms. The van der Waals surface area contributed by atoms with Gasteiger partial charge in [0.05, 0.1) is 6.04 Å². The van der Waals surface area contributed by atoms with Crippen molar-refractivity contribution >= 4 is 5.78 Å². The molecule has 0 aliphatic carbocycles. The first-order chi connectivity index (χ1) is 6.63. The van der Waals surface area contributed by atoms with Crippen molar-refractivity contribution in [2.45, 2.75) is 12.5 Å². The fraction of sp³-hybridized carbons (Fsp3) is 0.200. The van der Waals surface area contributed by atoms with Gasteiger partial charge in [0.15, 0.2) is 0 Å². The number of ketones is 1. The van der Waals surface area contributed by atoms with Crippen LogP contribution < -0.4 is 5.73 Å². The van der Waals surface area contributed by atoms with Crippen LogP contribution in [0.1, 0.15) is 5.56 Å². The van der Waals surface area contributed by atoms with Crippen LogP contribution >= 0.6 is 0 Å². The van der Waals surface area contributed by atoms with Gasteiger partial charge in [-0.05, 0) is 24.1 Å². The van der Waals surface area contributed by atoms with E-state index in [-0.39, 0.29) is 5.75 Å². The summed E-state index contributed by atoms with van der Waals surface area (Å²) in [6.45, 7) is 0. The van der Waals surface area contributed by atoms with Gasteiger partial charge >= 0.3 is 0 Å². The van der Waals surface area contributed by atoms with Crippen LogP contribution in [0, 0.1) is 11.3 Å². The van der Waals surface area contributed by atoms with Crippen LogP contribution in [0.2, 0.25) is 0 Å². The summed E-state index contributed by atoms with van der Waals surface area (Å²) in [5.41, 5.74) is 6.28. The molecule has 0 saturated carbocycles. The molecule has 0 saturated heterocycles. The molecule has 0 amide bonds. The zero-order chi connectivity index (χ0) is 10.6. The summed E-state index contributed by atoms with van der Waals surface area (Å²) < 4.78 is 0. The van der Waals surface area contributed by atoms with Gasteiger partial charge in [-0.15, -0.1) is 0 Å². The summed E-state index contributed by atoms with van der Waals surface area (Å²) in [6.07, 6.45) is 0.312. The molecule has 4 heteroatoms. The lowest BCUT2D eigenvalue weighted by atomic mass is 10.0. The van der Waals surface area contributed by atoms with Crippen molar-refractivity contribution in [1.82, 2.24) is 0 Å². The fourth-order valence-corrected chi connectivity index (χ4v) is 1.06. The van der Waals surface area contributed by atoms with Crippen molar-refractivity contribution in [3.63, 3.8) is 0 Å². The molecule has 1 aromatic carbocycles. The first-order valence-electron chi connectivity index (χ1n) is 4.11. The lowest BCUT2D eigenvalue weighted by Gasteiger charge is -2.05. The predicted octanol–water partition coefficient (Wildman–Crippen LogP) is 0.355. The van der Waals surface area contributed by atoms with Crippen LogP contribution in [0.4, 0.5) is 0 Å². The lowest BCUT2D eigenvalue weighted by molar-refractivity contribution is -0.115. The highest BCUT2D eigenvalue weighted by Crippen LogP contribution is 2.10. The van der Waals surface area contributed by atoms with Crippen molar-refractivity contribution in [3.8, 4) is 11.8 Å². The SMILES string of the molecule is N#CC(=O)C(N)Cc1ccc(O)cc1. The Morgan fingerprint density at radius 2 is 2.07 bits per heavy atom. The minimum Gasteiger partial charge on any atom is -0.508 e. The molecular formula is C10H10N2O2. The minimum atomic E-state index is -0.787. The summed E-state index contributed by atoms with van der Waals surface area (Å²) >= 11 is 0. The third-order valence-electron chi connectivity index (χ3n) is 1.84. The Hall–Kier alpha value is -1.86. The molecule has 4 nitrogen and oxygen atoms in total. The van der Waals surface area contributed by atoms with E-state index in [2.05, 4.69) is 0 Å². The van der Waals surface area contributed by atoms with Gasteiger partial charge in [-0.3, -0.25) is 4.79 Å². The monoisotopic (exact) mass is 190 g/mol. The van der Waals surface area contributed by atoms with Crippen molar-refractivity contribution in [2.75, 3.05) is 0 Å². The number of aromatic hydroxyl groups is 1. The Balaban J connectivity index is 2.66. The Bertz CT molecular complexity index is 365. The summed E-state index contributed by atoms with van der Waals surface area (Å²) in [5, 5.41) is 17.3. The number of Topliss-reactive ketones (excluding diaryl/α,β-unsaturated/α-hetero) is 1. The average Bonchev–Trinajstić information content (AvgIpc) is 2.20. The molecule has 72 valence electrons. The van der Waals surface area contributed by atoms with E-state index in [1.54, 1.807) is 12.1 Å². The molecule has 0 spiro atoms. The molecule has 1 aromatic rings. The molecule has 0 aliphatic heterocycles. The molecule has 1 rings (SSSR count). The fourth-order valence-electron chi connectivity index (χ4n) is 1.06. The largest absolute Gasteiger partial charge is 0.508 e. The van der Waals surface area contributed by atoms with Gasteiger partial charge in [-0.1, -0.05) is 12.1 Å². The summed E-state index contributed by atoms with van der Waals surface area (Å²) in [4.78, 5) is 10.8. The van der Waals surface area contributed by atoms with Crippen molar-refractivity contribution in [3.05, 3.63) is 29.8 Å². The van der Waals surface area contributed by atoms with Crippen LogP contribution in [-0.4, -0.2) is 16.9 Å². The van der Waals surface area contributed by atoms with Crippen molar-refractivity contribution < 1.29 is 9.90 Å². The molecule has 0 aliphatic rings. The van der Waals surface area contributed by atoms with Gasteiger partial charge in [0, 0.05) is 0 Å². The van der Waals surface area contributed by atoms with E-state index in [0.717, 1.165) is 5.56 Å². The van der Waals surface area contributed by atoms with Gasteiger partial charge in [0.1, 0.15) is 11.8 Å². The van der Waals surface area contributed by atoms with Gasteiger partial charge < -0.3 is 10.8 Å². The van der Waals surface area contributed by atoms with Gasteiger partial charge in [-0.25, -0.2) is 0 Å². The van der Waals surface area contributed by atoms with Crippen molar-refractivity contribution in [2.24, 2.45) is 5.73 Å².